The minimum atomic E-state index is -2.18. The summed E-state index contributed by atoms with van der Waals surface area (Å²) in [5.74, 6) is -9.35. The number of halogens is 5. The van der Waals surface area contributed by atoms with E-state index in [9.17, 15) is 22.0 Å². The van der Waals surface area contributed by atoms with Crippen molar-refractivity contribution in [3.05, 3.63) is 71.3 Å². The molecule has 0 aliphatic carbocycles. The number of rotatable bonds is 3. The van der Waals surface area contributed by atoms with Gasteiger partial charge in [-0.3, -0.25) is 4.98 Å². The number of hydrogen-bond donors (Lipinski definition) is 0. The van der Waals surface area contributed by atoms with Crippen LogP contribution in [0.15, 0.2) is 36.7 Å². The van der Waals surface area contributed by atoms with E-state index in [1.54, 1.807) is 30.5 Å². The third-order valence-corrected chi connectivity index (χ3v) is 4.49. The van der Waals surface area contributed by atoms with Crippen LogP contribution in [0.2, 0.25) is 0 Å². The standard InChI is InChI=1S/C19H11F5N2O/c1-27-9-2-3-10-11-4-5-25-7-14(11)26(13(10)6-9)8-12-15(20)17(22)19(24)18(23)16(12)21/h2-7H,8H2,1H3. The maximum absolute atomic E-state index is 14.2. The maximum atomic E-state index is 14.2. The Balaban J connectivity index is 2.02. The molecule has 0 bridgehead atoms. The molecule has 0 saturated heterocycles. The molecule has 0 unspecified atom stereocenters. The number of methoxy groups -OCH3 is 1. The first kappa shape index (κ1) is 17.3. The zero-order chi connectivity index (χ0) is 19.3. The van der Waals surface area contributed by atoms with Crippen molar-refractivity contribution >= 4 is 21.8 Å². The molecule has 0 radical (unpaired) electrons. The van der Waals surface area contributed by atoms with E-state index in [2.05, 4.69) is 4.98 Å². The van der Waals surface area contributed by atoms with Gasteiger partial charge in [-0.2, -0.15) is 0 Å². The predicted octanol–water partition coefficient (Wildman–Crippen LogP) is 4.94. The highest BCUT2D eigenvalue weighted by molar-refractivity contribution is 6.08. The Morgan fingerprint density at radius 2 is 1.48 bits per heavy atom. The highest BCUT2D eigenvalue weighted by atomic mass is 19.2. The second-order valence-corrected chi connectivity index (χ2v) is 5.91. The van der Waals surface area contributed by atoms with Crippen LogP contribution in [0.3, 0.4) is 0 Å². The van der Waals surface area contributed by atoms with Crippen molar-refractivity contribution in [3.63, 3.8) is 0 Å². The lowest BCUT2D eigenvalue weighted by atomic mass is 10.1. The molecule has 0 aliphatic heterocycles. The molecule has 0 N–H and O–H groups in total. The van der Waals surface area contributed by atoms with E-state index in [1.807, 2.05) is 0 Å². The normalized spacial score (nSPS) is 11.5. The van der Waals surface area contributed by atoms with Crippen molar-refractivity contribution in [2.75, 3.05) is 7.11 Å². The summed E-state index contributed by atoms with van der Waals surface area (Å²) in [6.07, 6.45) is 3.02. The second kappa shape index (κ2) is 6.22. The molecule has 0 amide bonds. The van der Waals surface area contributed by atoms with Gasteiger partial charge in [0.1, 0.15) is 5.75 Å². The Morgan fingerprint density at radius 1 is 0.852 bits per heavy atom. The third-order valence-electron chi connectivity index (χ3n) is 4.49. The van der Waals surface area contributed by atoms with Gasteiger partial charge in [0.2, 0.25) is 5.82 Å². The fourth-order valence-corrected chi connectivity index (χ4v) is 3.17. The molecule has 27 heavy (non-hydrogen) atoms. The van der Waals surface area contributed by atoms with Gasteiger partial charge < -0.3 is 9.30 Å². The van der Waals surface area contributed by atoms with Gasteiger partial charge in [0.15, 0.2) is 23.3 Å². The molecule has 0 fully saturated rings. The molecule has 0 spiro atoms. The minimum absolute atomic E-state index is 0.483. The topological polar surface area (TPSA) is 27.1 Å². The summed E-state index contributed by atoms with van der Waals surface area (Å²) in [5, 5.41) is 1.46. The Hall–Kier alpha value is -3.16. The van der Waals surface area contributed by atoms with Gasteiger partial charge in [0.25, 0.3) is 0 Å². The second-order valence-electron chi connectivity index (χ2n) is 5.91. The number of fused-ring (bicyclic) bond motifs is 3. The summed E-state index contributed by atoms with van der Waals surface area (Å²) >= 11 is 0. The van der Waals surface area contributed by atoms with Gasteiger partial charge in [-0.15, -0.1) is 0 Å². The molecule has 0 saturated carbocycles. The first-order valence-corrected chi connectivity index (χ1v) is 7.84. The number of ether oxygens (including phenoxy) is 1. The van der Waals surface area contributed by atoms with Gasteiger partial charge in [0, 0.05) is 28.6 Å². The Kier molecular flexibility index (Phi) is 3.98. The summed E-state index contributed by atoms with van der Waals surface area (Å²) in [7, 11) is 1.46. The van der Waals surface area contributed by atoms with Gasteiger partial charge in [-0.05, 0) is 18.2 Å². The molecule has 8 heteroatoms. The minimum Gasteiger partial charge on any atom is -0.497 e. The zero-order valence-electron chi connectivity index (χ0n) is 13.9. The number of benzene rings is 2. The summed E-state index contributed by atoms with van der Waals surface area (Å²) in [4.78, 5) is 4.00. The lowest BCUT2D eigenvalue weighted by Gasteiger charge is -2.12. The predicted molar refractivity (Wildman–Crippen MR) is 89.1 cm³/mol. The van der Waals surface area contributed by atoms with E-state index < -0.39 is 41.2 Å². The van der Waals surface area contributed by atoms with Crippen molar-refractivity contribution in [2.45, 2.75) is 6.54 Å². The molecule has 2 aromatic carbocycles. The quantitative estimate of drug-likeness (QED) is 0.287. The van der Waals surface area contributed by atoms with Crippen LogP contribution in [-0.2, 0) is 6.54 Å². The average molecular weight is 378 g/mol. The number of hydrogen-bond acceptors (Lipinski definition) is 2. The molecular weight excluding hydrogens is 367 g/mol. The maximum Gasteiger partial charge on any atom is 0.200 e. The molecule has 4 rings (SSSR count). The van der Waals surface area contributed by atoms with Gasteiger partial charge in [0.05, 0.1) is 30.9 Å². The highest BCUT2D eigenvalue weighted by Gasteiger charge is 2.26. The largest absolute Gasteiger partial charge is 0.497 e. The van der Waals surface area contributed by atoms with Crippen LogP contribution in [0.25, 0.3) is 21.8 Å². The SMILES string of the molecule is COc1ccc2c3ccncc3n(Cc3c(F)c(F)c(F)c(F)c3F)c2c1. The van der Waals surface area contributed by atoms with Crippen molar-refractivity contribution < 1.29 is 26.7 Å². The van der Waals surface area contributed by atoms with Crippen molar-refractivity contribution in [3.8, 4) is 5.75 Å². The Morgan fingerprint density at radius 3 is 2.15 bits per heavy atom. The van der Waals surface area contributed by atoms with Crippen molar-refractivity contribution in [1.29, 1.82) is 0 Å². The molecule has 2 heterocycles. The smallest absolute Gasteiger partial charge is 0.200 e. The van der Waals surface area contributed by atoms with E-state index in [4.69, 9.17) is 4.74 Å². The molecule has 2 aromatic heterocycles. The summed E-state index contributed by atoms with van der Waals surface area (Å²) in [6.45, 7) is -0.565. The lowest BCUT2D eigenvalue weighted by Crippen LogP contribution is -2.11. The number of aromatic nitrogens is 2. The summed E-state index contributed by atoms with van der Waals surface area (Å²) < 4.78 is 75.4. The number of nitrogens with zero attached hydrogens (tertiary/aromatic N) is 2. The van der Waals surface area contributed by atoms with Gasteiger partial charge in [-0.25, -0.2) is 22.0 Å². The van der Waals surface area contributed by atoms with E-state index >= 15 is 0 Å². The van der Waals surface area contributed by atoms with E-state index in [0.717, 1.165) is 10.8 Å². The van der Waals surface area contributed by atoms with Crippen LogP contribution in [0.4, 0.5) is 22.0 Å². The van der Waals surface area contributed by atoms with Crippen LogP contribution in [-0.4, -0.2) is 16.7 Å². The van der Waals surface area contributed by atoms with Crippen molar-refractivity contribution in [1.82, 2.24) is 9.55 Å². The number of pyridine rings is 1. The molecular formula is C19H11F5N2O. The van der Waals surface area contributed by atoms with Crippen LogP contribution < -0.4 is 4.74 Å². The van der Waals surface area contributed by atoms with Gasteiger partial charge in [-0.1, -0.05) is 0 Å². The molecule has 138 valence electrons. The zero-order valence-corrected chi connectivity index (χ0v) is 13.9. The lowest BCUT2D eigenvalue weighted by molar-refractivity contribution is 0.368. The van der Waals surface area contributed by atoms with Gasteiger partial charge >= 0.3 is 0 Å². The first-order chi connectivity index (χ1) is 12.9. The van der Waals surface area contributed by atoms with Crippen LogP contribution in [0.1, 0.15) is 5.56 Å². The van der Waals surface area contributed by atoms with Crippen LogP contribution >= 0.6 is 0 Å². The summed E-state index contributed by atoms with van der Waals surface area (Å²) in [5.41, 5.74) is 0.0860. The molecule has 3 nitrogen and oxygen atoms in total. The van der Waals surface area contributed by atoms with Crippen molar-refractivity contribution in [2.24, 2.45) is 0 Å². The van der Waals surface area contributed by atoms with Crippen LogP contribution in [0, 0.1) is 29.1 Å². The molecule has 0 atom stereocenters. The van der Waals surface area contributed by atoms with E-state index in [0.29, 0.717) is 16.8 Å². The van der Waals surface area contributed by atoms with E-state index in [-0.39, 0.29) is 0 Å². The average Bonchev–Trinajstić information content (AvgIpc) is 3.01. The molecule has 0 aliphatic rings. The van der Waals surface area contributed by atoms with Crippen LogP contribution in [0.5, 0.6) is 5.75 Å². The Bertz CT molecular complexity index is 1170. The molecule has 4 aromatic rings. The first-order valence-electron chi connectivity index (χ1n) is 7.84. The fraction of sp³-hybridized carbons (Fsp3) is 0.105. The fourth-order valence-electron chi connectivity index (χ4n) is 3.17. The third kappa shape index (κ3) is 2.51. The summed E-state index contributed by atoms with van der Waals surface area (Å²) in [6, 6.07) is 6.80. The Labute approximate surface area is 149 Å². The monoisotopic (exact) mass is 378 g/mol. The van der Waals surface area contributed by atoms with E-state index in [1.165, 1.54) is 17.9 Å². The highest BCUT2D eigenvalue weighted by Crippen LogP contribution is 2.33.